The molecule has 43 heavy (non-hydrogen) atoms. The van der Waals surface area contributed by atoms with E-state index in [-0.39, 0.29) is 41.4 Å². The summed E-state index contributed by atoms with van der Waals surface area (Å²) in [4.78, 5) is 27.6. The van der Waals surface area contributed by atoms with E-state index in [0.29, 0.717) is 50.6 Å². The molecule has 11 nitrogen and oxygen atoms in total. The van der Waals surface area contributed by atoms with Crippen molar-refractivity contribution in [3.63, 3.8) is 0 Å². The zero-order valence-corrected chi connectivity index (χ0v) is 27.7. The van der Waals surface area contributed by atoms with Crippen LogP contribution in [0.5, 0.6) is 11.5 Å². The Morgan fingerprint density at radius 2 is 1.70 bits per heavy atom. The fourth-order valence-electron chi connectivity index (χ4n) is 4.88. The number of nitrogens with one attached hydrogen (secondary N) is 2. The summed E-state index contributed by atoms with van der Waals surface area (Å²) >= 11 is 0. The molecule has 0 aliphatic heterocycles. The van der Waals surface area contributed by atoms with Crippen LogP contribution in [0.3, 0.4) is 0 Å². The second-order valence-corrected chi connectivity index (χ2v) is 12.8. The molecule has 2 amide bonds. The highest BCUT2D eigenvalue weighted by Gasteiger charge is 2.32. The molecule has 0 saturated heterocycles. The Kier molecular flexibility index (Phi) is 17.1. The maximum atomic E-state index is 13.2. The number of carbonyl (C=O) groups is 2. The largest absolute Gasteiger partial charge is 0.493 e. The zero-order chi connectivity index (χ0) is 32.6. The van der Waals surface area contributed by atoms with Crippen molar-refractivity contribution in [2.75, 3.05) is 40.5 Å². The normalized spacial score (nSPS) is 14.4. The molecule has 1 aromatic rings. The quantitative estimate of drug-likeness (QED) is 0.0748. The van der Waals surface area contributed by atoms with Crippen LogP contribution in [0.4, 0.5) is 0 Å². The molecule has 0 aromatic heterocycles. The van der Waals surface area contributed by atoms with E-state index in [0.717, 1.165) is 12.0 Å². The first-order valence-electron chi connectivity index (χ1n) is 15.3. The van der Waals surface area contributed by atoms with Gasteiger partial charge < -0.3 is 30.0 Å². The Hall–Kier alpha value is -3.01. The molecule has 0 saturated carbocycles. The number of azide groups is 1. The van der Waals surface area contributed by atoms with Gasteiger partial charge in [0.05, 0.1) is 25.9 Å². The average Bonchev–Trinajstić information content (AvgIpc) is 2.95. The molecular weight excluding hydrogens is 550 g/mol. The minimum Gasteiger partial charge on any atom is -0.493 e. The maximum absolute atomic E-state index is 13.2. The number of aliphatic hydroxyl groups excluding tert-OH is 1. The molecule has 0 aliphatic carbocycles. The van der Waals surface area contributed by atoms with Crippen LogP contribution < -0.4 is 20.1 Å². The van der Waals surface area contributed by atoms with E-state index >= 15 is 0 Å². The standard InChI is InChI=1S/C32H55N5O6/c1-21(2)25(15-24-11-12-29(42-9)30(16-24)43-14-10-13-41-8)17-27(36-37-33)28(39)18-26(22(3)4)31(40)35-20-32(6,7)19-34-23(5)38/h11-12,16,21-22,25-28,39H,10,13-15,17-20H2,1-9H3,(H,34,38)(H,35,40)/t25-,26-,27-,28-/m0/s1. The van der Waals surface area contributed by atoms with Crippen LogP contribution in [0.25, 0.3) is 10.4 Å². The van der Waals surface area contributed by atoms with Crippen LogP contribution in [0.1, 0.15) is 73.3 Å². The number of rotatable bonds is 21. The third-order valence-corrected chi connectivity index (χ3v) is 7.80. The lowest BCUT2D eigenvalue weighted by molar-refractivity contribution is -0.128. The first-order valence-corrected chi connectivity index (χ1v) is 15.3. The lowest BCUT2D eigenvalue weighted by Gasteiger charge is -2.31. The number of carbonyl (C=O) groups excluding carboxylic acids is 2. The summed E-state index contributed by atoms with van der Waals surface area (Å²) < 4.78 is 16.5. The Labute approximate surface area is 258 Å². The number of methoxy groups -OCH3 is 2. The number of hydrogen-bond acceptors (Lipinski definition) is 7. The van der Waals surface area contributed by atoms with Crippen molar-refractivity contribution in [3.8, 4) is 11.5 Å². The molecule has 1 rings (SSSR count). The van der Waals surface area contributed by atoms with E-state index in [1.807, 2.05) is 45.9 Å². The fourth-order valence-corrected chi connectivity index (χ4v) is 4.88. The van der Waals surface area contributed by atoms with Gasteiger partial charge in [0.25, 0.3) is 0 Å². The number of amides is 2. The predicted octanol–water partition coefficient (Wildman–Crippen LogP) is 5.30. The first kappa shape index (κ1) is 38.0. The lowest BCUT2D eigenvalue weighted by atomic mass is 9.80. The molecule has 0 heterocycles. The van der Waals surface area contributed by atoms with Crippen molar-refractivity contribution < 1.29 is 28.9 Å². The van der Waals surface area contributed by atoms with Crippen LogP contribution in [0, 0.1) is 29.1 Å². The van der Waals surface area contributed by atoms with E-state index < -0.39 is 18.1 Å². The van der Waals surface area contributed by atoms with Gasteiger partial charge in [0.1, 0.15) is 0 Å². The summed E-state index contributed by atoms with van der Waals surface area (Å²) in [6.07, 6.45) is 1.10. The topological polar surface area (TPSA) is 155 Å². The number of benzene rings is 1. The van der Waals surface area contributed by atoms with Crippen LogP contribution in [-0.2, 0) is 20.7 Å². The van der Waals surface area contributed by atoms with Crippen molar-refractivity contribution in [2.45, 2.75) is 86.3 Å². The molecule has 1 aromatic carbocycles. The van der Waals surface area contributed by atoms with E-state index in [1.165, 1.54) is 6.92 Å². The minimum absolute atomic E-state index is 0.0395. The molecule has 0 aliphatic rings. The van der Waals surface area contributed by atoms with Gasteiger partial charge in [-0.2, -0.15) is 0 Å². The average molecular weight is 606 g/mol. The third kappa shape index (κ3) is 14.3. The number of hydrogen-bond donors (Lipinski definition) is 3. The van der Waals surface area contributed by atoms with Gasteiger partial charge in [0.2, 0.25) is 11.8 Å². The highest BCUT2D eigenvalue weighted by atomic mass is 16.5. The third-order valence-electron chi connectivity index (χ3n) is 7.80. The summed E-state index contributed by atoms with van der Waals surface area (Å²) in [7, 11) is 3.27. The molecular formula is C32H55N5O6. The zero-order valence-electron chi connectivity index (χ0n) is 27.7. The van der Waals surface area contributed by atoms with Crippen LogP contribution in [0.15, 0.2) is 23.3 Å². The minimum atomic E-state index is -0.988. The van der Waals surface area contributed by atoms with E-state index in [4.69, 9.17) is 14.2 Å². The van der Waals surface area contributed by atoms with Gasteiger partial charge in [0.15, 0.2) is 11.5 Å². The van der Waals surface area contributed by atoms with Crippen molar-refractivity contribution in [1.29, 1.82) is 0 Å². The van der Waals surface area contributed by atoms with E-state index in [2.05, 4.69) is 34.5 Å². The van der Waals surface area contributed by atoms with Crippen molar-refractivity contribution in [1.82, 2.24) is 10.6 Å². The second kappa shape index (κ2) is 19.3. The monoisotopic (exact) mass is 605 g/mol. The molecule has 11 heteroatoms. The number of nitrogens with zero attached hydrogens (tertiary/aromatic N) is 3. The van der Waals surface area contributed by atoms with Crippen LogP contribution >= 0.6 is 0 Å². The first-order chi connectivity index (χ1) is 20.2. The predicted molar refractivity (Wildman–Crippen MR) is 169 cm³/mol. The maximum Gasteiger partial charge on any atom is 0.223 e. The van der Waals surface area contributed by atoms with Gasteiger partial charge >= 0.3 is 0 Å². The lowest BCUT2D eigenvalue weighted by Crippen LogP contribution is -2.45. The van der Waals surface area contributed by atoms with Gasteiger partial charge in [-0.05, 0) is 65.7 Å². The molecule has 0 spiro atoms. The number of aliphatic hydroxyl groups is 1. The highest BCUT2D eigenvalue weighted by molar-refractivity contribution is 5.79. The van der Waals surface area contributed by atoms with Crippen molar-refractivity contribution in [2.24, 2.45) is 34.2 Å². The summed E-state index contributed by atoms with van der Waals surface area (Å²) in [5.41, 5.74) is 10.1. The molecule has 244 valence electrons. The van der Waals surface area contributed by atoms with E-state index in [1.54, 1.807) is 14.2 Å². The Bertz CT molecular complexity index is 1040. The van der Waals surface area contributed by atoms with Crippen LogP contribution in [-0.4, -0.2) is 69.6 Å². The van der Waals surface area contributed by atoms with E-state index in [9.17, 15) is 20.2 Å². The van der Waals surface area contributed by atoms with Crippen molar-refractivity contribution in [3.05, 3.63) is 34.2 Å². The fraction of sp³-hybridized carbons (Fsp3) is 0.750. The molecule has 4 atom stereocenters. The Morgan fingerprint density at radius 1 is 1.02 bits per heavy atom. The smallest absolute Gasteiger partial charge is 0.223 e. The van der Waals surface area contributed by atoms with Gasteiger partial charge in [-0.25, -0.2) is 0 Å². The van der Waals surface area contributed by atoms with Crippen molar-refractivity contribution >= 4 is 11.8 Å². The van der Waals surface area contributed by atoms with Crippen LogP contribution in [0.2, 0.25) is 0 Å². The summed E-state index contributed by atoms with van der Waals surface area (Å²) in [5, 5.41) is 21.1. The molecule has 0 radical (unpaired) electrons. The molecule has 0 fully saturated rings. The summed E-state index contributed by atoms with van der Waals surface area (Å²) in [5.74, 6) is 0.860. The molecule has 0 bridgehead atoms. The SMILES string of the molecule is COCCCOc1cc(C[C@@H](C[C@H](N=[N+]=[N-])[C@@H](O)C[C@H](C(=O)NCC(C)(C)CNC(C)=O)C(C)C)C(C)C)ccc1OC. The van der Waals surface area contributed by atoms with Gasteiger partial charge in [-0.15, -0.1) is 0 Å². The number of ether oxygens (including phenoxy) is 3. The Morgan fingerprint density at radius 3 is 2.26 bits per heavy atom. The Balaban J connectivity index is 3.00. The summed E-state index contributed by atoms with van der Waals surface area (Å²) in [6, 6.07) is 5.18. The van der Waals surface area contributed by atoms with Gasteiger partial charge in [0, 0.05) is 51.0 Å². The molecule has 0 unspecified atom stereocenters. The van der Waals surface area contributed by atoms with Gasteiger partial charge in [-0.3, -0.25) is 9.59 Å². The molecule has 3 N–H and O–H groups in total. The highest BCUT2D eigenvalue weighted by Crippen LogP contribution is 2.32. The van der Waals surface area contributed by atoms with Gasteiger partial charge in [-0.1, -0.05) is 52.7 Å². The summed E-state index contributed by atoms with van der Waals surface area (Å²) in [6.45, 7) is 15.4. The second-order valence-electron chi connectivity index (χ2n) is 12.8.